The lowest BCUT2D eigenvalue weighted by Crippen LogP contribution is -2.59. The summed E-state index contributed by atoms with van der Waals surface area (Å²) in [5, 5.41) is 9.16. The Kier molecular flexibility index (Phi) is 6.32. The number of rotatable bonds is 7. The quantitative estimate of drug-likeness (QED) is 0.519. The zero-order valence-electron chi connectivity index (χ0n) is 21.1. The standard InChI is InChI=1S/C26H34N8O/c1-5-21-16-33(23-11-24(35)31(4)34-14-20(9-10-27)30-26(23)34)22(6-2)15-32(21)17(3)19-12-28-25(29-13-19)18-7-8-18/h11-14,17-18,21-22H,5-9,15-16H2,1-4H3/t17?,21-,22+/m1/s1. The molecule has 1 aliphatic heterocycles. The number of aryl methyl sites for hydroxylation is 1. The van der Waals surface area contributed by atoms with Gasteiger partial charge in [-0.3, -0.25) is 9.69 Å². The summed E-state index contributed by atoms with van der Waals surface area (Å²) in [5.41, 5.74) is 3.33. The molecule has 3 aromatic rings. The lowest BCUT2D eigenvalue weighted by atomic mass is 9.97. The second-order valence-electron chi connectivity index (χ2n) is 9.92. The van der Waals surface area contributed by atoms with Crippen LogP contribution in [0.3, 0.4) is 0 Å². The Morgan fingerprint density at radius 1 is 1.14 bits per heavy atom. The number of aromatic nitrogens is 5. The summed E-state index contributed by atoms with van der Waals surface area (Å²) in [4.78, 5) is 31.8. The summed E-state index contributed by atoms with van der Waals surface area (Å²) in [7, 11) is 1.74. The van der Waals surface area contributed by atoms with Gasteiger partial charge in [0.15, 0.2) is 5.65 Å². The first-order valence-corrected chi connectivity index (χ1v) is 12.7. The Bertz CT molecular complexity index is 1300. The summed E-state index contributed by atoms with van der Waals surface area (Å²) < 4.78 is 3.33. The second kappa shape index (κ2) is 9.42. The highest BCUT2D eigenvalue weighted by atomic mass is 16.1. The van der Waals surface area contributed by atoms with Crippen molar-refractivity contribution in [2.75, 3.05) is 18.0 Å². The van der Waals surface area contributed by atoms with Crippen LogP contribution in [0.25, 0.3) is 5.65 Å². The number of piperazine rings is 1. The summed E-state index contributed by atoms with van der Waals surface area (Å²) in [5.74, 6) is 1.54. The maximum Gasteiger partial charge on any atom is 0.267 e. The average molecular weight is 475 g/mol. The SMILES string of the molecule is CC[C@H]1CN(C(C)c2cnc(C3CC3)nc2)[C@H](CC)CN1c1cc(=O)n(C)n2cc(CC#N)nc12. The van der Waals surface area contributed by atoms with Crippen LogP contribution in [0.4, 0.5) is 5.69 Å². The number of hydrogen-bond donors (Lipinski definition) is 0. The summed E-state index contributed by atoms with van der Waals surface area (Å²) in [6, 6.07) is 4.63. The topological polar surface area (TPSA) is 95.4 Å². The fourth-order valence-corrected chi connectivity index (χ4v) is 5.34. The molecule has 2 fully saturated rings. The molecule has 9 nitrogen and oxygen atoms in total. The van der Waals surface area contributed by atoms with Gasteiger partial charge in [-0.05, 0) is 32.6 Å². The molecule has 0 amide bonds. The number of fused-ring (bicyclic) bond motifs is 1. The number of nitriles is 1. The van der Waals surface area contributed by atoms with Crippen molar-refractivity contribution >= 4 is 11.3 Å². The van der Waals surface area contributed by atoms with Crippen LogP contribution in [0.1, 0.15) is 75.5 Å². The van der Waals surface area contributed by atoms with E-state index in [4.69, 9.17) is 10.2 Å². The summed E-state index contributed by atoms with van der Waals surface area (Å²) in [6.45, 7) is 8.37. The fraction of sp³-hybridized carbons (Fsp3) is 0.577. The molecule has 2 aliphatic rings. The minimum Gasteiger partial charge on any atom is -0.362 e. The Labute approximate surface area is 206 Å². The van der Waals surface area contributed by atoms with E-state index in [1.807, 2.05) is 12.4 Å². The molecule has 0 N–H and O–H groups in total. The zero-order chi connectivity index (χ0) is 24.7. The van der Waals surface area contributed by atoms with E-state index in [9.17, 15) is 4.79 Å². The van der Waals surface area contributed by atoms with Gasteiger partial charge in [0.1, 0.15) is 5.82 Å². The zero-order valence-corrected chi connectivity index (χ0v) is 21.1. The van der Waals surface area contributed by atoms with Crippen molar-refractivity contribution in [3.8, 4) is 6.07 Å². The summed E-state index contributed by atoms with van der Waals surface area (Å²) >= 11 is 0. The highest BCUT2D eigenvalue weighted by Crippen LogP contribution is 2.38. The van der Waals surface area contributed by atoms with E-state index in [1.54, 1.807) is 28.5 Å². The molecular weight excluding hydrogens is 440 g/mol. The first kappa shape index (κ1) is 23.5. The molecule has 0 bridgehead atoms. The lowest BCUT2D eigenvalue weighted by molar-refractivity contribution is 0.101. The van der Waals surface area contributed by atoms with Gasteiger partial charge in [-0.15, -0.1) is 0 Å². The van der Waals surface area contributed by atoms with E-state index < -0.39 is 0 Å². The number of anilines is 1. The van der Waals surface area contributed by atoms with Crippen LogP contribution < -0.4 is 10.5 Å². The van der Waals surface area contributed by atoms with Crippen LogP contribution in [0.5, 0.6) is 0 Å². The molecule has 35 heavy (non-hydrogen) atoms. The van der Waals surface area contributed by atoms with Crippen LogP contribution in [0.2, 0.25) is 0 Å². The van der Waals surface area contributed by atoms with Gasteiger partial charge in [0, 0.05) is 68.2 Å². The van der Waals surface area contributed by atoms with Crippen LogP contribution in [-0.4, -0.2) is 54.2 Å². The third kappa shape index (κ3) is 4.31. The molecule has 0 spiro atoms. The molecule has 5 rings (SSSR count). The molecule has 3 aromatic heterocycles. The smallest absolute Gasteiger partial charge is 0.267 e. The molecule has 9 heteroatoms. The van der Waals surface area contributed by atoms with Crippen LogP contribution in [0.15, 0.2) is 29.5 Å². The van der Waals surface area contributed by atoms with Gasteiger partial charge in [-0.1, -0.05) is 13.8 Å². The Balaban J connectivity index is 1.46. The van der Waals surface area contributed by atoms with Crippen LogP contribution in [0, 0.1) is 11.3 Å². The number of nitrogens with zero attached hydrogens (tertiary/aromatic N) is 8. The Hall–Kier alpha value is -3.25. The van der Waals surface area contributed by atoms with E-state index in [0.29, 0.717) is 17.7 Å². The minimum atomic E-state index is -0.0833. The number of imidazole rings is 1. The molecule has 0 radical (unpaired) electrons. The third-order valence-electron chi connectivity index (χ3n) is 7.73. The van der Waals surface area contributed by atoms with Crippen molar-refractivity contribution < 1.29 is 0 Å². The molecule has 0 aromatic carbocycles. The van der Waals surface area contributed by atoms with Gasteiger partial charge < -0.3 is 4.90 Å². The van der Waals surface area contributed by atoms with E-state index in [1.165, 1.54) is 12.8 Å². The highest BCUT2D eigenvalue weighted by Gasteiger charge is 2.37. The Morgan fingerprint density at radius 3 is 2.49 bits per heavy atom. The monoisotopic (exact) mass is 474 g/mol. The lowest BCUT2D eigenvalue weighted by Gasteiger charge is -2.49. The van der Waals surface area contributed by atoms with Gasteiger partial charge in [-0.2, -0.15) is 5.26 Å². The molecule has 1 unspecified atom stereocenters. The van der Waals surface area contributed by atoms with Crippen molar-refractivity contribution in [3.63, 3.8) is 0 Å². The Morgan fingerprint density at radius 2 is 1.86 bits per heavy atom. The predicted octanol–water partition coefficient (Wildman–Crippen LogP) is 3.21. The van der Waals surface area contributed by atoms with E-state index >= 15 is 0 Å². The molecule has 3 atom stereocenters. The fourth-order valence-electron chi connectivity index (χ4n) is 5.34. The predicted molar refractivity (Wildman–Crippen MR) is 134 cm³/mol. The van der Waals surface area contributed by atoms with Crippen molar-refractivity contribution in [2.24, 2.45) is 7.05 Å². The molecule has 184 valence electrons. The van der Waals surface area contributed by atoms with Crippen LogP contribution >= 0.6 is 0 Å². The molecule has 1 saturated heterocycles. The number of hydrogen-bond acceptors (Lipinski definition) is 7. The maximum absolute atomic E-state index is 12.8. The summed E-state index contributed by atoms with van der Waals surface area (Å²) in [6.07, 6.45) is 10.4. The van der Waals surface area contributed by atoms with Crippen molar-refractivity contribution in [1.29, 1.82) is 5.26 Å². The van der Waals surface area contributed by atoms with Gasteiger partial charge in [-0.25, -0.2) is 24.1 Å². The van der Waals surface area contributed by atoms with Crippen molar-refractivity contribution in [1.82, 2.24) is 29.0 Å². The third-order valence-corrected chi connectivity index (χ3v) is 7.73. The maximum atomic E-state index is 12.8. The normalized spacial score (nSPS) is 21.9. The van der Waals surface area contributed by atoms with E-state index in [0.717, 1.165) is 48.7 Å². The van der Waals surface area contributed by atoms with Gasteiger partial charge >= 0.3 is 0 Å². The average Bonchev–Trinajstić information content (AvgIpc) is 3.65. The van der Waals surface area contributed by atoms with Crippen molar-refractivity contribution in [3.05, 3.63) is 52.1 Å². The van der Waals surface area contributed by atoms with Crippen molar-refractivity contribution in [2.45, 2.75) is 76.9 Å². The molecular formula is C26H34N8O. The molecule has 1 aliphatic carbocycles. The highest BCUT2D eigenvalue weighted by molar-refractivity contribution is 5.69. The molecule has 4 heterocycles. The van der Waals surface area contributed by atoms with Gasteiger partial charge in [0.25, 0.3) is 5.56 Å². The van der Waals surface area contributed by atoms with Gasteiger partial charge in [0.05, 0.1) is 30.1 Å². The largest absolute Gasteiger partial charge is 0.362 e. The first-order valence-electron chi connectivity index (χ1n) is 12.7. The van der Waals surface area contributed by atoms with Gasteiger partial charge in [0.2, 0.25) is 0 Å². The second-order valence-corrected chi connectivity index (χ2v) is 9.92. The minimum absolute atomic E-state index is 0.0833. The van der Waals surface area contributed by atoms with E-state index in [-0.39, 0.29) is 24.1 Å². The van der Waals surface area contributed by atoms with Crippen LogP contribution in [-0.2, 0) is 13.5 Å². The van der Waals surface area contributed by atoms with E-state index in [2.05, 4.69) is 46.6 Å². The first-order chi connectivity index (χ1) is 16.9. The molecule has 1 saturated carbocycles.